The summed E-state index contributed by atoms with van der Waals surface area (Å²) in [5.41, 5.74) is 1.64. The topological polar surface area (TPSA) is 63.7 Å². The van der Waals surface area contributed by atoms with Crippen molar-refractivity contribution < 1.29 is 22.3 Å². The second-order valence-corrected chi connectivity index (χ2v) is 9.41. The van der Waals surface area contributed by atoms with Gasteiger partial charge in [-0.15, -0.1) is 0 Å². The summed E-state index contributed by atoms with van der Waals surface area (Å²) in [7, 11) is -2.82. The van der Waals surface area contributed by atoms with E-state index in [0.29, 0.717) is 11.3 Å². The van der Waals surface area contributed by atoms with Gasteiger partial charge in [0.2, 0.25) is 0 Å². The minimum absolute atomic E-state index is 0.0685. The molecule has 0 radical (unpaired) electrons. The van der Waals surface area contributed by atoms with Crippen molar-refractivity contribution in [3.05, 3.63) is 59.4 Å². The normalized spacial score (nSPS) is 16.9. The molecule has 0 amide bonds. The van der Waals surface area contributed by atoms with Crippen molar-refractivity contribution in [3.8, 4) is 0 Å². The van der Waals surface area contributed by atoms with Crippen molar-refractivity contribution in [1.29, 1.82) is 0 Å². The zero-order valence-electron chi connectivity index (χ0n) is 15.7. The van der Waals surface area contributed by atoms with Crippen molar-refractivity contribution in [1.82, 2.24) is 0 Å². The number of nitrogens with zero attached hydrogens (tertiary/aromatic N) is 1. The van der Waals surface area contributed by atoms with Crippen LogP contribution in [0.25, 0.3) is 0 Å². The molecule has 2 aromatic carbocycles. The number of methoxy groups -OCH3 is 1. The molecular formula is C20H22FNO4S. The highest BCUT2D eigenvalue weighted by atomic mass is 32.2. The number of anilines is 1. The molecule has 2 aromatic rings. The number of benzene rings is 2. The second-order valence-electron chi connectivity index (χ2n) is 7.59. The number of esters is 1. The summed E-state index contributed by atoms with van der Waals surface area (Å²) in [6.07, 6.45) is 0.0685. The monoisotopic (exact) mass is 391 g/mol. The minimum atomic E-state index is -4.02. The van der Waals surface area contributed by atoms with Crippen LogP contribution in [0.1, 0.15) is 31.9 Å². The van der Waals surface area contributed by atoms with E-state index in [-0.39, 0.29) is 16.7 Å². The third kappa shape index (κ3) is 3.43. The van der Waals surface area contributed by atoms with Crippen LogP contribution >= 0.6 is 0 Å². The number of carbonyl (C=O) groups is 1. The molecule has 0 fully saturated rings. The van der Waals surface area contributed by atoms with Crippen molar-refractivity contribution in [3.63, 3.8) is 0 Å². The van der Waals surface area contributed by atoms with Gasteiger partial charge in [0, 0.05) is 6.42 Å². The van der Waals surface area contributed by atoms with Crippen molar-refractivity contribution >= 4 is 21.7 Å². The van der Waals surface area contributed by atoms with E-state index in [9.17, 15) is 17.6 Å². The highest BCUT2D eigenvalue weighted by Crippen LogP contribution is 2.38. The number of hydrogen-bond acceptors (Lipinski definition) is 4. The SMILES string of the molecule is COC(=O)C1Cc2cc(F)ccc2N1S(=O)(=O)c1ccc(C(C)(C)C)cc1. The molecule has 1 unspecified atom stereocenters. The molecule has 0 N–H and O–H groups in total. The Hall–Kier alpha value is -2.41. The first kappa shape index (κ1) is 19.4. The molecule has 1 atom stereocenters. The molecule has 3 rings (SSSR count). The zero-order valence-corrected chi connectivity index (χ0v) is 16.5. The molecule has 1 aliphatic heterocycles. The van der Waals surface area contributed by atoms with Gasteiger partial charge in [-0.05, 0) is 46.9 Å². The standard InChI is InChI=1S/C20H22FNO4S/c1-20(2,3)14-5-8-16(9-6-14)27(24,25)22-17-10-7-15(21)11-13(17)12-18(22)19(23)26-4/h5-11,18H,12H2,1-4H3. The highest BCUT2D eigenvalue weighted by Gasteiger charge is 2.43. The van der Waals surface area contributed by atoms with E-state index in [1.54, 1.807) is 12.1 Å². The Morgan fingerprint density at radius 2 is 1.78 bits per heavy atom. The lowest BCUT2D eigenvalue weighted by Crippen LogP contribution is -2.43. The smallest absolute Gasteiger partial charge is 0.330 e. The summed E-state index contributed by atoms with van der Waals surface area (Å²) in [6, 6.07) is 9.36. The maximum atomic E-state index is 13.6. The largest absolute Gasteiger partial charge is 0.467 e. The van der Waals surface area contributed by atoms with Crippen molar-refractivity contribution in [2.45, 2.75) is 43.5 Å². The molecule has 0 aliphatic carbocycles. The quantitative estimate of drug-likeness (QED) is 0.752. The van der Waals surface area contributed by atoms with Gasteiger partial charge in [0.05, 0.1) is 17.7 Å². The molecule has 7 heteroatoms. The summed E-state index contributed by atoms with van der Waals surface area (Å²) >= 11 is 0. The van der Waals surface area contributed by atoms with Crippen LogP contribution in [0.15, 0.2) is 47.4 Å². The zero-order chi connectivity index (χ0) is 20.0. The molecule has 27 heavy (non-hydrogen) atoms. The first-order chi connectivity index (χ1) is 12.6. The van der Waals surface area contributed by atoms with E-state index in [1.165, 1.54) is 37.4 Å². The van der Waals surface area contributed by atoms with Crippen LogP contribution in [0.4, 0.5) is 10.1 Å². The summed E-state index contributed by atoms with van der Waals surface area (Å²) in [4.78, 5) is 12.3. The molecule has 5 nitrogen and oxygen atoms in total. The van der Waals surface area contributed by atoms with Crippen LogP contribution in [-0.4, -0.2) is 27.5 Å². The van der Waals surface area contributed by atoms with E-state index in [1.807, 2.05) is 20.8 Å². The molecule has 0 spiro atoms. The van der Waals surface area contributed by atoms with Crippen molar-refractivity contribution in [2.24, 2.45) is 0 Å². The fourth-order valence-corrected chi connectivity index (χ4v) is 4.88. The van der Waals surface area contributed by atoms with Crippen LogP contribution < -0.4 is 4.31 Å². The molecule has 0 bridgehead atoms. The first-order valence-corrected chi connectivity index (χ1v) is 10.0. The van der Waals surface area contributed by atoms with Gasteiger partial charge in [-0.2, -0.15) is 0 Å². The molecule has 1 aliphatic rings. The summed E-state index contributed by atoms with van der Waals surface area (Å²) < 4.78 is 46.0. The molecule has 0 saturated heterocycles. The van der Waals surface area contributed by atoms with E-state index < -0.39 is 27.9 Å². The van der Waals surface area contributed by atoms with E-state index in [4.69, 9.17) is 4.74 Å². The second kappa shape index (κ2) is 6.64. The Bertz CT molecular complexity index is 978. The van der Waals surface area contributed by atoms with Gasteiger partial charge >= 0.3 is 5.97 Å². The first-order valence-electron chi connectivity index (χ1n) is 8.57. The predicted octanol–water partition coefficient (Wildman–Crippen LogP) is 3.42. The molecule has 144 valence electrons. The van der Waals surface area contributed by atoms with E-state index >= 15 is 0 Å². The van der Waals surface area contributed by atoms with Gasteiger partial charge in [-0.25, -0.2) is 17.6 Å². The fourth-order valence-electron chi connectivity index (χ4n) is 3.24. The van der Waals surface area contributed by atoms with E-state index in [2.05, 4.69) is 0 Å². The lowest BCUT2D eigenvalue weighted by molar-refractivity contribution is -0.141. The Morgan fingerprint density at radius 3 is 2.33 bits per heavy atom. The maximum absolute atomic E-state index is 13.6. The minimum Gasteiger partial charge on any atom is -0.467 e. The van der Waals surface area contributed by atoms with Gasteiger partial charge in [0.15, 0.2) is 0 Å². The van der Waals surface area contributed by atoms with Gasteiger partial charge in [-0.1, -0.05) is 32.9 Å². The molecule has 1 heterocycles. The van der Waals surface area contributed by atoms with Gasteiger partial charge in [-0.3, -0.25) is 4.31 Å². The number of rotatable bonds is 3. The Kier molecular flexibility index (Phi) is 4.76. The van der Waals surface area contributed by atoms with Crippen LogP contribution in [-0.2, 0) is 31.4 Å². The highest BCUT2D eigenvalue weighted by molar-refractivity contribution is 7.93. The fraction of sp³-hybridized carbons (Fsp3) is 0.350. The number of fused-ring (bicyclic) bond motifs is 1. The van der Waals surface area contributed by atoms with Crippen LogP contribution in [0.2, 0.25) is 0 Å². The van der Waals surface area contributed by atoms with Crippen LogP contribution in [0.5, 0.6) is 0 Å². The van der Waals surface area contributed by atoms with Crippen molar-refractivity contribution in [2.75, 3.05) is 11.4 Å². The summed E-state index contributed by atoms with van der Waals surface area (Å²) in [6.45, 7) is 6.11. The Morgan fingerprint density at radius 1 is 1.15 bits per heavy atom. The molecular weight excluding hydrogens is 369 g/mol. The number of halogens is 1. The number of sulfonamides is 1. The Balaban J connectivity index is 2.09. The molecule has 0 saturated carbocycles. The lowest BCUT2D eigenvalue weighted by Gasteiger charge is -2.26. The third-order valence-electron chi connectivity index (χ3n) is 4.73. The average Bonchev–Trinajstić information content (AvgIpc) is 2.99. The predicted molar refractivity (Wildman–Crippen MR) is 101 cm³/mol. The summed E-state index contributed by atoms with van der Waals surface area (Å²) in [5.74, 6) is -1.16. The number of carbonyl (C=O) groups excluding carboxylic acids is 1. The van der Waals surface area contributed by atoms with Gasteiger partial charge in [0.25, 0.3) is 10.0 Å². The maximum Gasteiger partial charge on any atom is 0.330 e. The van der Waals surface area contributed by atoms with Gasteiger partial charge in [0.1, 0.15) is 11.9 Å². The number of hydrogen-bond donors (Lipinski definition) is 0. The molecule has 0 aromatic heterocycles. The summed E-state index contributed by atoms with van der Waals surface area (Å²) in [5, 5.41) is 0. The average molecular weight is 391 g/mol. The lowest BCUT2D eigenvalue weighted by atomic mass is 9.87. The Labute approximate surface area is 158 Å². The third-order valence-corrected chi connectivity index (χ3v) is 6.56. The van der Waals surface area contributed by atoms with Gasteiger partial charge < -0.3 is 4.74 Å². The van der Waals surface area contributed by atoms with Crippen LogP contribution in [0, 0.1) is 5.82 Å². The van der Waals surface area contributed by atoms with Crippen LogP contribution in [0.3, 0.4) is 0 Å². The number of ether oxygens (including phenoxy) is 1. The van der Waals surface area contributed by atoms with E-state index in [0.717, 1.165) is 9.87 Å².